The van der Waals surface area contributed by atoms with E-state index < -0.39 is 0 Å². The third-order valence-electron chi connectivity index (χ3n) is 4.09. The van der Waals surface area contributed by atoms with Crippen LogP contribution in [-0.4, -0.2) is 5.11 Å². The van der Waals surface area contributed by atoms with Crippen molar-refractivity contribution in [3.8, 4) is 5.75 Å². The second-order valence-corrected chi connectivity index (χ2v) is 5.69. The van der Waals surface area contributed by atoms with Crippen LogP contribution in [0.15, 0.2) is 48.5 Å². The topological polar surface area (TPSA) is 32.3 Å². The molecule has 0 heterocycles. The van der Waals surface area contributed by atoms with Gasteiger partial charge in [0.2, 0.25) is 0 Å². The molecule has 0 aliphatic heterocycles. The molecule has 0 spiro atoms. The molecule has 1 aliphatic rings. The average molecular weight is 267 g/mol. The molecule has 1 fully saturated rings. The van der Waals surface area contributed by atoms with Crippen molar-refractivity contribution in [2.24, 2.45) is 5.92 Å². The first-order valence-electron chi connectivity index (χ1n) is 7.31. The van der Waals surface area contributed by atoms with Gasteiger partial charge in [-0.25, -0.2) is 0 Å². The van der Waals surface area contributed by atoms with E-state index in [9.17, 15) is 5.11 Å². The standard InChI is InChI=1S/C18H21NO/c1-13-6-5-9-16(18(13)20)12-19-17(15-10-11-15)14-7-3-2-4-8-14/h2-9,15,17,19-20H,10-12H2,1H3. The maximum Gasteiger partial charge on any atom is 0.122 e. The van der Waals surface area contributed by atoms with E-state index >= 15 is 0 Å². The summed E-state index contributed by atoms with van der Waals surface area (Å²) in [5.41, 5.74) is 3.26. The summed E-state index contributed by atoms with van der Waals surface area (Å²) in [4.78, 5) is 0. The summed E-state index contributed by atoms with van der Waals surface area (Å²) in [6.07, 6.45) is 2.60. The van der Waals surface area contributed by atoms with E-state index in [0.29, 0.717) is 18.3 Å². The summed E-state index contributed by atoms with van der Waals surface area (Å²) >= 11 is 0. The molecule has 1 saturated carbocycles. The summed E-state index contributed by atoms with van der Waals surface area (Å²) in [6.45, 7) is 2.65. The third kappa shape index (κ3) is 2.86. The number of benzene rings is 2. The molecular formula is C18H21NO. The molecular weight excluding hydrogens is 246 g/mol. The van der Waals surface area contributed by atoms with Crippen LogP contribution >= 0.6 is 0 Å². The van der Waals surface area contributed by atoms with Gasteiger partial charge in [0.05, 0.1) is 0 Å². The quantitative estimate of drug-likeness (QED) is 0.860. The highest BCUT2D eigenvalue weighted by atomic mass is 16.3. The first-order valence-corrected chi connectivity index (χ1v) is 7.31. The fourth-order valence-electron chi connectivity index (χ4n) is 2.73. The van der Waals surface area contributed by atoms with Crippen molar-refractivity contribution >= 4 is 0 Å². The Kier molecular flexibility index (Phi) is 3.75. The average Bonchev–Trinajstić information content (AvgIpc) is 3.29. The summed E-state index contributed by atoms with van der Waals surface area (Å²) in [5, 5.41) is 13.7. The predicted octanol–water partition coefficient (Wildman–Crippen LogP) is 3.94. The number of hydrogen-bond donors (Lipinski definition) is 2. The molecule has 0 saturated heterocycles. The molecule has 104 valence electrons. The molecule has 0 bridgehead atoms. The molecule has 0 aromatic heterocycles. The molecule has 2 aromatic carbocycles. The first-order chi connectivity index (χ1) is 9.75. The Morgan fingerprint density at radius 3 is 2.55 bits per heavy atom. The minimum Gasteiger partial charge on any atom is -0.507 e. The molecule has 3 rings (SSSR count). The van der Waals surface area contributed by atoms with E-state index in [4.69, 9.17) is 0 Å². The molecule has 1 unspecified atom stereocenters. The van der Waals surface area contributed by atoms with Gasteiger partial charge in [-0.1, -0.05) is 48.5 Å². The second kappa shape index (κ2) is 5.68. The van der Waals surface area contributed by atoms with Crippen LogP contribution in [0.4, 0.5) is 0 Å². The van der Waals surface area contributed by atoms with E-state index in [1.807, 2.05) is 25.1 Å². The summed E-state index contributed by atoms with van der Waals surface area (Å²) in [5.74, 6) is 1.16. The second-order valence-electron chi connectivity index (χ2n) is 5.69. The van der Waals surface area contributed by atoms with Crippen LogP contribution in [0.2, 0.25) is 0 Å². The normalized spacial score (nSPS) is 16.1. The van der Waals surface area contributed by atoms with Gasteiger partial charge in [0.1, 0.15) is 5.75 Å². The van der Waals surface area contributed by atoms with Gasteiger partial charge in [-0.15, -0.1) is 0 Å². The lowest BCUT2D eigenvalue weighted by molar-refractivity contribution is 0.443. The Hall–Kier alpha value is -1.80. The number of phenolic OH excluding ortho intramolecular Hbond substituents is 1. The summed E-state index contributed by atoms with van der Waals surface area (Å²) in [6, 6.07) is 16.9. The smallest absolute Gasteiger partial charge is 0.122 e. The van der Waals surface area contributed by atoms with Crippen molar-refractivity contribution in [2.75, 3.05) is 0 Å². The van der Waals surface area contributed by atoms with Gasteiger partial charge in [0.15, 0.2) is 0 Å². The molecule has 2 nitrogen and oxygen atoms in total. The van der Waals surface area contributed by atoms with Gasteiger partial charge in [-0.2, -0.15) is 0 Å². The third-order valence-corrected chi connectivity index (χ3v) is 4.09. The zero-order valence-corrected chi connectivity index (χ0v) is 11.8. The molecule has 20 heavy (non-hydrogen) atoms. The molecule has 2 aromatic rings. The predicted molar refractivity (Wildman–Crippen MR) is 81.6 cm³/mol. The Bertz CT molecular complexity index is 575. The summed E-state index contributed by atoms with van der Waals surface area (Å²) in [7, 11) is 0. The highest BCUT2D eigenvalue weighted by molar-refractivity contribution is 5.39. The zero-order valence-electron chi connectivity index (χ0n) is 11.8. The van der Waals surface area contributed by atoms with Crippen molar-refractivity contribution in [2.45, 2.75) is 32.4 Å². The van der Waals surface area contributed by atoms with Crippen LogP contribution in [0, 0.1) is 12.8 Å². The number of para-hydroxylation sites is 1. The van der Waals surface area contributed by atoms with Crippen LogP contribution in [0.25, 0.3) is 0 Å². The molecule has 0 amide bonds. The molecule has 1 atom stereocenters. The van der Waals surface area contributed by atoms with Gasteiger partial charge in [-0.3, -0.25) is 0 Å². The van der Waals surface area contributed by atoms with Gasteiger partial charge in [0, 0.05) is 18.2 Å². The van der Waals surface area contributed by atoms with E-state index in [-0.39, 0.29) is 0 Å². The number of aryl methyl sites for hydroxylation is 1. The van der Waals surface area contributed by atoms with Crippen molar-refractivity contribution in [1.29, 1.82) is 0 Å². The maximum absolute atomic E-state index is 10.1. The van der Waals surface area contributed by atoms with Gasteiger partial charge in [-0.05, 0) is 36.8 Å². The lowest BCUT2D eigenvalue weighted by Crippen LogP contribution is -2.22. The largest absolute Gasteiger partial charge is 0.507 e. The minimum atomic E-state index is 0.399. The van der Waals surface area contributed by atoms with Crippen molar-refractivity contribution in [3.05, 3.63) is 65.2 Å². The van der Waals surface area contributed by atoms with Crippen molar-refractivity contribution in [3.63, 3.8) is 0 Å². The molecule has 2 heteroatoms. The van der Waals surface area contributed by atoms with E-state index in [1.54, 1.807) is 0 Å². The number of rotatable bonds is 5. The zero-order chi connectivity index (χ0) is 13.9. The number of hydrogen-bond acceptors (Lipinski definition) is 2. The Balaban J connectivity index is 1.73. The summed E-state index contributed by atoms with van der Waals surface area (Å²) < 4.78 is 0. The van der Waals surface area contributed by atoms with Gasteiger partial charge >= 0.3 is 0 Å². The van der Waals surface area contributed by atoms with E-state index in [1.165, 1.54) is 18.4 Å². The monoisotopic (exact) mass is 267 g/mol. The Labute approximate surface area is 120 Å². The van der Waals surface area contributed by atoms with Crippen LogP contribution in [0.5, 0.6) is 5.75 Å². The molecule has 0 radical (unpaired) electrons. The number of nitrogens with one attached hydrogen (secondary N) is 1. The highest BCUT2D eigenvalue weighted by Crippen LogP contribution is 2.41. The van der Waals surface area contributed by atoms with Crippen LogP contribution in [0.1, 0.15) is 35.6 Å². The lowest BCUT2D eigenvalue weighted by atomic mass is 10.0. The first kappa shape index (κ1) is 13.2. The SMILES string of the molecule is Cc1cccc(CNC(c2ccccc2)C2CC2)c1O. The van der Waals surface area contributed by atoms with Crippen molar-refractivity contribution < 1.29 is 5.11 Å². The van der Waals surface area contributed by atoms with E-state index in [0.717, 1.165) is 17.0 Å². The Morgan fingerprint density at radius 2 is 1.85 bits per heavy atom. The number of phenols is 1. The molecule has 1 aliphatic carbocycles. The fraction of sp³-hybridized carbons (Fsp3) is 0.333. The maximum atomic E-state index is 10.1. The van der Waals surface area contributed by atoms with Crippen LogP contribution < -0.4 is 5.32 Å². The fourth-order valence-corrected chi connectivity index (χ4v) is 2.73. The van der Waals surface area contributed by atoms with E-state index in [2.05, 4.69) is 35.6 Å². The van der Waals surface area contributed by atoms with Crippen LogP contribution in [-0.2, 0) is 6.54 Å². The van der Waals surface area contributed by atoms with Gasteiger partial charge in [0.25, 0.3) is 0 Å². The van der Waals surface area contributed by atoms with Crippen molar-refractivity contribution in [1.82, 2.24) is 5.32 Å². The Morgan fingerprint density at radius 1 is 1.10 bits per heavy atom. The highest BCUT2D eigenvalue weighted by Gasteiger charge is 2.31. The van der Waals surface area contributed by atoms with Crippen LogP contribution in [0.3, 0.4) is 0 Å². The lowest BCUT2D eigenvalue weighted by Gasteiger charge is -2.19. The minimum absolute atomic E-state index is 0.399. The number of aromatic hydroxyl groups is 1. The van der Waals surface area contributed by atoms with Gasteiger partial charge < -0.3 is 10.4 Å². The molecule has 2 N–H and O–H groups in total.